The van der Waals surface area contributed by atoms with Crippen LogP contribution in [-0.4, -0.2) is 29.6 Å². The second-order valence-electron chi connectivity index (χ2n) is 5.05. The Morgan fingerprint density at radius 3 is 2.44 bits per heavy atom. The maximum atomic E-state index is 11.4. The van der Waals surface area contributed by atoms with E-state index in [-0.39, 0.29) is 5.78 Å². The van der Waals surface area contributed by atoms with E-state index in [0.717, 1.165) is 16.7 Å². The molecule has 0 amide bonds. The molecule has 0 saturated heterocycles. The van der Waals surface area contributed by atoms with Crippen molar-refractivity contribution in [3.63, 3.8) is 0 Å². The third-order valence-electron chi connectivity index (χ3n) is 2.66. The highest BCUT2D eigenvalue weighted by Gasteiger charge is 2.18. The van der Waals surface area contributed by atoms with E-state index < -0.39 is 5.60 Å². The molecule has 0 aromatic heterocycles. The summed E-state index contributed by atoms with van der Waals surface area (Å²) in [5.74, 6) is 0.0407. The Kier molecular flexibility index (Phi) is 4.93. The summed E-state index contributed by atoms with van der Waals surface area (Å²) in [5, 5.41) is 9.89. The molecule has 1 aromatic carbocycles. The fourth-order valence-corrected chi connectivity index (χ4v) is 2.48. The molecule has 18 heavy (non-hydrogen) atoms. The third-order valence-corrected chi connectivity index (χ3v) is 3.31. The van der Waals surface area contributed by atoms with E-state index in [9.17, 15) is 9.90 Å². The quantitative estimate of drug-likeness (QED) is 0.848. The van der Waals surface area contributed by atoms with Crippen LogP contribution in [-0.2, 0) is 0 Å². The number of likely N-dealkylation sites (N-methyl/N-ethyl adjacent to an activating group) is 1. The lowest BCUT2D eigenvalue weighted by atomic mass is 10.1. The smallest absolute Gasteiger partial charge is 0.160 e. The van der Waals surface area contributed by atoms with Crippen molar-refractivity contribution >= 4 is 27.4 Å². The predicted molar refractivity (Wildman–Crippen MR) is 78.3 cm³/mol. The Bertz CT molecular complexity index is 438. The minimum absolute atomic E-state index is 0.0407. The van der Waals surface area contributed by atoms with Crippen molar-refractivity contribution in [3.05, 3.63) is 28.2 Å². The van der Waals surface area contributed by atoms with Gasteiger partial charge in [0, 0.05) is 28.8 Å². The topological polar surface area (TPSA) is 40.5 Å². The molecule has 1 N–H and O–H groups in total. The molecule has 0 fully saturated rings. The fourth-order valence-electron chi connectivity index (χ4n) is 1.84. The Balaban J connectivity index is 3.01. The van der Waals surface area contributed by atoms with Gasteiger partial charge in [-0.3, -0.25) is 4.79 Å². The van der Waals surface area contributed by atoms with Crippen molar-refractivity contribution in [1.29, 1.82) is 0 Å². The molecule has 4 heteroatoms. The second kappa shape index (κ2) is 5.85. The van der Waals surface area contributed by atoms with Gasteiger partial charge >= 0.3 is 0 Å². The van der Waals surface area contributed by atoms with Gasteiger partial charge in [-0.1, -0.05) is 0 Å². The Morgan fingerprint density at radius 1 is 1.44 bits per heavy atom. The lowest BCUT2D eigenvalue weighted by Crippen LogP contribution is -2.38. The summed E-state index contributed by atoms with van der Waals surface area (Å²) in [6.07, 6.45) is 0. The maximum Gasteiger partial charge on any atom is 0.160 e. The van der Waals surface area contributed by atoms with Crippen LogP contribution in [0.2, 0.25) is 0 Å². The molecule has 100 valence electrons. The van der Waals surface area contributed by atoms with Crippen LogP contribution in [0.15, 0.2) is 22.7 Å². The van der Waals surface area contributed by atoms with Gasteiger partial charge in [0.25, 0.3) is 0 Å². The molecule has 0 radical (unpaired) electrons. The molecule has 0 aliphatic rings. The molecule has 0 saturated carbocycles. The zero-order chi connectivity index (χ0) is 13.9. The van der Waals surface area contributed by atoms with E-state index in [0.29, 0.717) is 12.1 Å². The Labute approximate surface area is 117 Å². The second-order valence-corrected chi connectivity index (χ2v) is 5.90. The Hall–Kier alpha value is -0.870. The molecule has 3 nitrogen and oxygen atoms in total. The molecule has 0 atom stereocenters. The number of hydrogen-bond donors (Lipinski definition) is 1. The highest BCUT2D eigenvalue weighted by atomic mass is 79.9. The minimum atomic E-state index is -0.748. The fraction of sp³-hybridized carbons (Fsp3) is 0.500. The number of hydrogen-bond acceptors (Lipinski definition) is 3. The number of halogens is 1. The zero-order valence-corrected chi connectivity index (χ0v) is 12.9. The SMILES string of the molecule is CCN(CC(C)(C)O)c1ccc(C(C)=O)c(Br)c1. The highest BCUT2D eigenvalue weighted by molar-refractivity contribution is 9.10. The van der Waals surface area contributed by atoms with Crippen molar-refractivity contribution in [2.75, 3.05) is 18.0 Å². The van der Waals surface area contributed by atoms with Crippen molar-refractivity contribution < 1.29 is 9.90 Å². The first-order valence-electron chi connectivity index (χ1n) is 6.02. The van der Waals surface area contributed by atoms with Crippen LogP contribution in [0, 0.1) is 0 Å². The van der Waals surface area contributed by atoms with Gasteiger partial charge in [0.15, 0.2) is 5.78 Å². The van der Waals surface area contributed by atoms with Crippen molar-refractivity contribution in [1.82, 2.24) is 0 Å². The Morgan fingerprint density at radius 2 is 2.06 bits per heavy atom. The average Bonchev–Trinajstić information content (AvgIpc) is 2.24. The summed E-state index contributed by atoms with van der Waals surface area (Å²) in [4.78, 5) is 13.4. The van der Waals surface area contributed by atoms with Crippen LogP contribution in [0.5, 0.6) is 0 Å². The van der Waals surface area contributed by atoms with E-state index in [2.05, 4.69) is 20.8 Å². The molecule has 0 aliphatic heterocycles. The van der Waals surface area contributed by atoms with Gasteiger partial charge in [-0.25, -0.2) is 0 Å². The number of anilines is 1. The van der Waals surface area contributed by atoms with E-state index in [1.165, 1.54) is 0 Å². The maximum absolute atomic E-state index is 11.4. The van der Waals surface area contributed by atoms with Crippen LogP contribution in [0.25, 0.3) is 0 Å². The highest BCUT2D eigenvalue weighted by Crippen LogP contribution is 2.25. The molecule has 1 aromatic rings. The van der Waals surface area contributed by atoms with Crippen molar-refractivity contribution in [2.45, 2.75) is 33.3 Å². The monoisotopic (exact) mass is 313 g/mol. The lowest BCUT2D eigenvalue weighted by Gasteiger charge is -2.30. The number of carbonyl (C=O) groups is 1. The van der Waals surface area contributed by atoms with Crippen molar-refractivity contribution in [2.24, 2.45) is 0 Å². The van der Waals surface area contributed by atoms with Gasteiger partial charge in [0.2, 0.25) is 0 Å². The molecular formula is C14H20BrNO2. The molecule has 0 heterocycles. The number of rotatable bonds is 5. The minimum Gasteiger partial charge on any atom is -0.389 e. The lowest BCUT2D eigenvalue weighted by molar-refractivity contribution is 0.0875. The number of nitrogens with zero attached hydrogens (tertiary/aromatic N) is 1. The first-order chi connectivity index (χ1) is 8.24. The summed E-state index contributed by atoms with van der Waals surface area (Å²) in [7, 11) is 0. The summed E-state index contributed by atoms with van der Waals surface area (Å²) < 4.78 is 0.793. The predicted octanol–water partition coefficient (Wildman–Crippen LogP) is 3.25. The number of benzene rings is 1. The van der Waals surface area contributed by atoms with E-state index >= 15 is 0 Å². The molecule has 1 rings (SSSR count). The molecule has 0 unspecified atom stereocenters. The van der Waals surface area contributed by atoms with Gasteiger partial charge in [0.05, 0.1) is 5.60 Å². The number of ketones is 1. The molecule has 0 bridgehead atoms. The standard InChI is InChI=1S/C14H20BrNO2/c1-5-16(9-14(3,4)18)11-6-7-12(10(2)17)13(15)8-11/h6-8,18H,5,9H2,1-4H3. The number of carbonyl (C=O) groups excluding carboxylic acids is 1. The van der Waals surface area contributed by atoms with Gasteiger partial charge in [-0.05, 0) is 61.8 Å². The summed E-state index contributed by atoms with van der Waals surface area (Å²) in [6, 6.07) is 5.65. The normalized spacial score (nSPS) is 11.4. The van der Waals surface area contributed by atoms with Gasteiger partial charge < -0.3 is 10.0 Å². The van der Waals surface area contributed by atoms with Crippen LogP contribution in [0.1, 0.15) is 38.1 Å². The van der Waals surface area contributed by atoms with Crippen LogP contribution >= 0.6 is 15.9 Å². The summed E-state index contributed by atoms with van der Waals surface area (Å²) in [6.45, 7) is 8.52. The zero-order valence-electron chi connectivity index (χ0n) is 11.3. The first-order valence-corrected chi connectivity index (χ1v) is 6.81. The molecule has 0 spiro atoms. The van der Waals surface area contributed by atoms with Gasteiger partial charge in [-0.2, -0.15) is 0 Å². The van der Waals surface area contributed by atoms with E-state index in [1.54, 1.807) is 20.8 Å². The van der Waals surface area contributed by atoms with Crippen LogP contribution in [0.4, 0.5) is 5.69 Å². The summed E-state index contributed by atoms with van der Waals surface area (Å²) >= 11 is 3.41. The number of Topliss-reactive ketones (excluding diaryl/α,β-unsaturated/α-hetero) is 1. The van der Waals surface area contributed by atoms with E-state index in [1.807, 2.05) is 25.1 Å². The molecular weight excluding hydrogens is 294 g/mol. The van der Waals surface area contributed by atoms with Gasteiger partial charge in [0.1, 0.15) is 0 Å². The largest absolute Gasteiger partial charge is 0.389 e. The van der Waals surface area contributed by atoms with Crippen LogP contribution in [0.3, 0.4) is 0 Å². The average molecular weight is 314 g/mol. The van der Waals surface area contributed by atoms with Gasteiger partial charge in [-0.15, -0.1) is 0 Å². The van der Waals surface area contributed by atoms with E-state index in [4.69, 9.17) is 0 Å². The molecule has 0 aliphatic carbocycles. The first kappa shape index (κ1) is 15.2. The van der Waals surface area contributed by atoms with Crippen LogP contribution < -0.4 is 4.90 Å². The third kappa shape index (κ3) is 4.10. The number of aliphatic hydroxyl groups is 1. The van der Waals surface area contributed by atoms with Crippen molar-refractivity contribution in [3.8, 4) is 0 Å². The summed E-state index contributed by atoms with van der Waals surface area (Å²) in [5.41, 5.74) is 0.927.